The van der Waals surface area contributed by atoms with Crippen molar-refractivity contribution in [3.8, 4) is 17.2 Å². The third-order valence-electron chi connectivity index (χ3n) is 4.30. The Bertz CT molecular complexity index is 952. The van der Waals surface area contributed by atoms with Gasteiger partial charge in [0.1, 0.15) is 5.75 Å². The summed E-state index contributed by atoms with van der Waals surface area (Å²) in [7, 11) is 1.60. The van der Waals surface area contributed by atoms with Crippen molar-refractivity contribution in [2.45, 2.75) is 26.7 Å². The fourth-order valence-electron chi connectivity index (χ4n) is 2.88. The summed E-state index contributed by atoms with van der Waals surface area (Å²) in [6, 6.07) is 18.4. The van der Waals surface area contributed by atoms with Crippen LogP contribution in [0.2, 0.25) is 0 Å². The van der Waals surface area contributed by atoms with Gasteiger partial charge < -0.3 is 14.8 Å². The molecule has 1 amide bonds. The number of aryl methyl sites for hydroxylation is 2. The predicted octanol–water partition coefficient (Wildman–Crippen LogP) is 5.40. The van der Waals surface area contributed by atoms with Gasteiger partial charge in [0.2, 0.25) is 0 Å². The summed E-state index contributed by atoms with van der Waals surface area (Å²) in [5.41, 5.74) is 3.01. The van der Waals surface area contributed by atoms with Crippen molar-refractivity contribution in [1.82, 2.24) is 4.98 Å². The van der Waals surface area contributed by atoms with E-state index in [1.807, 2.05) is 43.3 Å². The number of anilines is 1. The maximum absolute atomic E-state index is 12.6. The first-order valence-electron chi connectivity index (χ1n) is 9.29. The zero-order chi connectivity index (χ0) is 19.9. The van der Waals surface area contributed by atoms with Crippen molar-refractivity contribution in [3.05, 3.63) is 77.6 Å². The van der Waals surface area contributed by atoms with Crippen LogP contribution in [0.3, 0.4) is 0 Å². The maximum Gasteiger partial charge on any atom is 0.257 e. The Morgan fingerprint density at radius 3 is 2.36 bits per heavy atom. The quantitative estimate of drug-likeness (QED) is 0.600. The van der Waals surface area contributed by atoms with Crippen molar-refractivity contribution in [2.75, 3.05) is 12.4 Å². The molecular weight excluding hydrogens is 352 g/mol. The van der Waals surface area contributed by atoms with Crippen LogP contribution in [-0.2, 0) is 6.42 Å². The van der Waals surface area contributed by atoms with E-state index < -0.39 is 0 Å². The van der Waals surface area contributed by atoms with Crippen molar-refractivity contribution in [2.24, 2.45) is 0 Å². The van der Waals surface area contributed by atoms with E-state index in [-0.39, 0.29) is 5.91 Å². The highest BCUT2D eigenvalue weighted by Crippen LogP contribution is 2.31. The smallest absolute Gasteiger partial charge is 0.257 e. The molecule has 5 nitrogen and oxygen atoms in total. The van der Waals surface area contributed by atoms with E-state index in [1.54, 1.807) is 31.4 Å². The van der Waals surface area contributed by atoms with Crippen LogP contribution in [0, 0.1) is 6.92 Å². The Hall–Kier alpha value is -3.34. The molecule has 0 saturated carbocycles. The van der Waals surface area contributed by atoms with Gasteiger partial charge in [-0.15, -0.1) is 0 Å². The Kier molecular flexibility index (Phi) is 6.27. The molecule has 3 rings (SSSR count). The van der Waals surface area contributed by atoms with E-state index in [2.05, 4.69) is 17.2 Å². The summed E-state index contributed by atoms with van der Waals surface area (Å²) < 4.78 is 11.1. The van der Waals surface area contributed by atoms with Crippen LogP contribution in [0.15, 0.2) is 60.7 Å². The molecule has 0 atom stereocenters. The zero-order valence-electron chi connectivity index (χ0n) is 16.4. The van der Waals surface area contributed by atoms with Crippen molar-refractivity contribution >= 4 is 11.6 Å². The number of ether oxygens (including phenoxy) is 2. The van der Waals surface area contributed by atoms with E-state index in [0.717, 1.165) is 24.2 Å². The number of benzene rings is 2. The molecule has 0 aliphatic heterocycles. The Morgan fingerprint density at radius 1 is 1.00 bits per heavy atom. The monoisotopic (exact) mass is 376 g/mol. The van der Waals surface area contributed by atoms with Crippen LogP contribution in [0.4, 0.5) is 5.69 Å². The number of hydrogen-bond acceptors (Lipinski definition) is 4. The van der Waals surface area contributed by atoms with Gasteiger partial charge in [-0.3, -0.25) is 9.78 Å². The summed E-state index contributed by atoms with van der Waals surface area (Å²) >= 11 is 0. The van der Waals surface area contributed by atoms with Gasteiger partial charge in [-0.05, 0) is 61.9 Å². The van der Waals surface area contributed by atoms with Crippen molar-refractivity contribution in [1.29, 1.82) is 0 Å². The topological polar surface area (TPSA) is 60.5 Å². The first-order valence-corrected chi connectivity index (χ1v) is 9.29. The molecule has 3 aromatic rings. The first-order chi connectivity index (χ1) is 13.6. The highest BCUT2D eigenvalue weighted by molar-refractivity contribution is 6.05. The van der Waals surface area contributed by atoms with Gasteiger partial charge in [-0.2, -0.15) is 0 Å². The molecule has 1 heterocycles. The number of para-hydroxylation sites is 2. The standard InChI is InChI=1S/C23H24N2O3/c1-4-7-17-12-15-20(16(2)24-17)23(26)25-18-10-13-19(14-11-18)28-22-9-6-5-8-21(22)27-3/h5-6,8-15H,4,7H2,1-3H3,(H,25,26). The molecule has 0 fully saturated rings. The third-order valence-corrected chi connectivity index (χ3v) is 4.30. The van der Waals surface area contributed by atoms with Crippen molar-refractivity contribution in [3.63, 3.8) is 0 Å². The van der Waals surface area contributed by atoms with Crippen LogP contribution in [0.1, 0.15) is 35.1 Å². The van der Waals surface area contributed by atoms with Crippen LogP contribution in [-0.4, -0.2) is 18.0 Å². The molecule has 0 aliphatic rings. The molecule has 0 unspecified atom stereocenters. The highest BCUT2D eigenvalue weighted by Gasteiger charge is 2.11. The van der Waals surface area contributed by atoms with E-state index in [0.29, 0.717) is 28.5 Å². The van der Waals surface area contributed by atoms with Gasteiger partial charge in [0.25, 0.3) is 5.91 Å². The second kappa shape index (κ2) is 9.04. The molecular formula is C23H24N2O3. The fourth-order valence-corrected chi connectivity index (χ4v) is 2.88. The minimum Gasteiger partial charge on any atom is -0.493 e. The molecule has 0 spiro atoms. The maximum atomic E-state index is 12.6. The molecule has 144 valence electrons. The Morgan fingerprint density at radius 2 is 1.71 bits per heavy atom. The normalized spacial score (nSPS) is 10.4. The molecule has 2 aromatic carbocycles. The summed E-state index contributed by atoms with van der Waals surface area (Å²) in [6.45, 7) is 3.97. The summed E-state index contributed by atoms with van der Waals surface area (Å²) in [6.07, 6.45) is 1.94. The number of nitrogens with zero attached hydrogens (tertiary/aromatic N) is 1. The van der Waals surface area contributed by atoms with Crippen LogP contribution in [0.5, 0.6) is 17.2 Å². The number of carbonyl (C=O) groups excluding carboxylic acids is 1. The van der Waals surface area contributed by atoms with E-state index in [9.17, 15) is 4.79 Å². The number of methoxy groups -OCH3 is 1. The highest BCUT2D eigenvalue weighted by atomic mass is 16.5. The first kappa shape index (κ1) is 19.4. The Balaban J connectivity index is 1.68. The SMILES string of the molecule is CCCc1ccc(C(=O)Nc2ccc(Oc3ccccc3OC)cc2)c(C)n1. The molecule has 0 radical (unpaired) electrons. The lowest BCUT2D eigenvalue weighted by Gasteiger charge is -2.11. The predicted molar refractivity (Wildman–Crippen MR) is 110 cm³/mol. The third kappa shape index (κ3) is 4.68. The number of aromatic nitrogens is 1. The summed E-state index contributed by atoms with van der Waals surface area (Å²) in [5.74, 6) is 1.78. The van der Waals surface area contributed by atoms with Crippen molar-refractivity contribution < 1.29 is 14.3 Å². The average molecular weight is 376 g/mol. The van der Waals surface area contributed by atoms with E-state index >= 15 is 0 Å². The largest absolute Gasteiger partial charge is 0.493 e. The molecule has 0 saturated heterocycles. The molecule has 28 heavy (non-hydrogen) atoms. The number of carbonyl (C=O) groups is 1. The van der Waals surface area contributed by atoms with E-state index in [4.69, 9.17) is 9.47 Å². The van der Waals surface area contributed by atoms with E-state index in [1.165, 1.54) is 0 Å². The summed E-state index contributed by atoms with van der Waals surface area (Å²) in [5, 5.41) is 2.90. The second-order valence-electron chi connectivity index (χ2n) is 6.42. The molecule has 0 bridgehead atoms. The molecule has 1 N–H and O–H groups in total. The lowest BCUT2D eigenvalue weighted by Crippen LogP contribution is -2.14. The average Bonchev–Trinajstić information content (AvgIpc) is 2.70. The number of hydrogen-bond donors (Lipinski definition) is 1. The number of amides is 1. The van der Waals surface area contributed by atoms with Gasteiger partial charge in [-0.25, -0.2) is 0 Å². The lowest BCUT2D eigenvalue weighted by atomic mass is 10.1. The second-order valence-corrected chi connectivity index (χ2v) is 6.42. The zero-order valence-corrected chi connectivity index (χ0v) is 16.4. The molecule has 0 aliphatic carbocycles. The number of nitrogens with one attached hydrogen (secondary N) is 1. The molecule has 5 heteroatoms. The van der Waals surface area contributed by atoms with Crippen LogP contribution < -0.4 is 14.8 Å². The Labute approximate surface area is 165 Å². The lowest BCUT2D eigenvalue weighted by molar-refractivity contribution is 0.102. The van der Waals surface area contributed by atoms with Gasteiger partial charge in [-0.1, -0.05) is 25.5 Å². The van der Waals surface area contributed by atoms with Crippen LogP contribution >= 0.6 is 0 Å². The van der Waals surface area contributed by atoms with Crippen LogP contribution in [0.25, 0.3) is 0 Å². The van der Waals surface area contributed by atoms with Gasteiger partial charge in [0.15, 0.2) is 11.5 Å². The van der Waals surface area contributed by atoms with Gasteiger partial charge in [0.05, 0.1) is 18.4 Å². The van der Waals surface area contributed by atoms with Gasteiger partial charge >= 0.3 is 0 Å². The number of pyridine rings is 1. The minimum atomic E-state index is -0.175. The fraction of sp³-hybridized carbons (Fsp3) is 0.217. The minimum absolute atomic E-state index is 0.175. The summed E-state index contributed by atoms with van der Waals surface area (Å²) in [4.78, 5) is 17.1. The number of rotatable bonds is 7. The van der Waals surface area contributed by atoms with Gasteiger partial charge in [0, 0.05) is 11.4 Å². The molecule has 1 aromatic heterocycles.